The zero-order valence-corrected chi connectivity index (χ0v) is 11.9. The number of hydrogen-bond donors (Lipinski definition) is 1. The molecule has 2 atom stereocenters. The third-order valence-corrected chi connectivity index (χ3v) is 3.57. The van der Waals surface area contributed by atoms with Crippen molar-refractivity contribution in [2.75, 3.05) is 39.9 Å². The average molecular weight is 283 g/mol. The van der Waals surface area contributed by atoms with Crippen molar-refractivity contribution >= 4 is 11.9 Å². The molecule has 7 heteroatoms. The maximum Gasteiger partial charge on any atom is 0.310 e. The third kappa shape index (κ3) is 4.18. The van der Waals surface area contributed by atoms with E-state index in [9.17, 15) is 9.59 Å². The molecular weight excluding hydrogens is 262 g/mol. The highest BCUT2D eigenvalue weighted by Gasteiger charge is 2.38. The van der Waals surface area contributed by atoms with Crippen molar-refractivity contribution in [1.29, 1.82) is 5.26 Å². The number of nitriles is 1. The smallest absolute Gasteiger partial charge is 0.310 e. The predicted octanol–water partition coefficient (Wildman–Crippen LogP) is -0.220. The number of carbonyl (C=O) groups excluding carboxylic acids is 1. The summed E-state index contributed by atoms with van der Waals surface area (Å²) in [6.07, 6.45) is 0.290. The van der Waals surface area contributed by atoms with Gasteiger partial charge in [-0.15, -0.1) is 0 Å². The largest absolute Gasteiger partial charge is 0.481 e. The van der Waals surface area contributed by atoms with Crippen molar-refractivity contribution in [3.63, 3.8) is 0 Å². The predicted molar refractivity (Wildman–Crippen MR) is 70.8 cm³/mol. The first kappa shape index (κ1) is 16.4. The van der Waals surface area contributed by atoms with Gasteiger partial charge in [-0.2, -0.15) is 5.26 Å². The average Bonchev–Trinajstić information content (AvgIpc) is 2.91. The van der Waals surface area contributed by atoms with E-state index in [-0.39, 0.29) is 25.1 Å². The van der Waals surface area contributed by atoms with Crippen LogP contribution in [0, 0.1) is 17.2 Å². The quantitative estimate of drug-likeness (QED) is 0.694. The number of likely N-dealkylation sites (N-methyl/N-ethyl adjacent to an activating group) is 2. The third-order valence-electron chi connectivity index (χ3n) is 3.57. The molecule has 1 amide bonds. The molecule has 0 aromatic carbocycles. The summed E-state index contributed by atoms with van der Waals surface area (Å²) in [5.41, 5.74) is 0. The molecule has 1 N–H and O–H groups in total. The van der Waals surface area contributed by atoms with Crippen LogP contribution in [0.3, 0.4) is 0 Å². The normalized spacial score (nSPS) is 21.7. The Hall–Kier alpha value is -1.65. The van der Waals surface area contributed by atoms with Crippen LogP contribution in [-0.2, 0) is 14.3 Å². The number of aliphatic carboxylic acids is 1. The van der Waals surface area contributed by atoms with Crippen molar-refractivity contribution in [3.8, 4) is 6.07 Å². The maximum absolute atomic E-state index is 12.0. The summed E-state index contributed by atoms with van der Waals surface area (Å²) in [6, 6.07) is 1.72. The molecule has 1 saturated heterocycles. The fourth-order valence-electron chi connectivity index (χ4n) is 2.24. The van der Waals surface area contributed by atoms with Gasteiger partial charge in [0.1, 0.15) is 0 Å². The first-order chi connectivity index (χ1) is 9.51. The van der Waals surface area contributed by atoms with Crippen LogP contribution in [0.1, 0.15) is 13.3 Å². The van der Waals surface area contributed by atoms with Crippen molar-refractivity contribution in [2.24, 2.45) is 5.92 Å². The Morgan fingerprint density at radius 3 is 2.70 bits per heavy atom. The second-order valence-corrected chi connectivity index (χ2v) is 4.84. The Balaban J connectivity index is 2.60. The number of nitrogens with zero attached hydrogens (tertiary/aromatic N) is 3. The number of hydrogen-bond acceptors (Lipinski definition) is 5. The minimum absolute atomic E-state index is 0.113. The Morgan fingerprint density at radius 1 is 1.45 bits per heavy atom. The molecule has 20 heavy (non-hydrogen) atoms. The van der Waals surface area contributed by atoms with E-state index in [2.05, 4.69) is 0 Å². The monoisotopic (exact) mass is 283 g/mol. The molecule has 2 unspecified atom stereocenters. The van der Waals surface area contributed by atoms with Crippen molar-refractivity contribution < 1.29 is 19.4 Å². The lowest BCUT2D eigenvalue weighted by Crippen LogP contribution is -2.48. The van der Waals surface area contributed by atoms with E-state index >= 15 is 0 Å². The van der Waals surface area contributed by atoms with Crippen LogP contribution in [0.2, 0.25) is 0 Å². The zero-order chi connectivity index (χ0) is 15.1. The van der Waals surface area contributed by atoms with Gasteiger partial charge >= 0.3 is 5.97 Å². The van der Waals surface area contributed by atoms with Gasteiger partial charge in [-0.1, -0.05) is 6.92 Å². The number of carbonyl (C=O) groups is 2. The maximum atomic E-state index is 12.0. The summed E-state index contributed by atoms with van der Waals surface area (Å²) in [4.78, 5) is 26.5. The molecule has 0 bridgehead atoms. The van der Waals surface area contributed by atoms with Gasteiger partial charge in [0.15, 0.2) is 0 Å². The lowest BCUT2D eigenvalue weighted by Gasteiger charge is -2.30. The van der Waals surface area contributed by atoms with E-state index in [0.29, 0.717) is 26.1 Å². The van der Waals surface area contributed by atoms with Crippen LogP contribution in [0.25, 0.3) is 0 Å². The van der Waals surface area contributed by atoms with Gasteiger partial charge in [0.2, 0.25) is 5.91 Å². The van der Waals surface area contributed by atoms with Gasteiger partial charge in [-0.3, -0.25) is 14.5 Å². The SMILES string of the molecule is CCN(CC(=O)N(C)CCC#N)C1COCC1C(=O)O. The fourth-order valence-corrected chi connectivity index (χ4v) is 2.24. The summed E-state index contributed by atoms with van der Waals surface area (Å²) < 4.78 is 5.23. The second kappa shape index (κ2) is 7.82. The van der Waals surface area contributed by atoms with E-state index < -0.39 is 11.9 Å². The van der Waals surface area contributed by atoms with Gasteiger partial charge < -0.3 is 14.7 Å². The molecule has 0 aromatic rings. The van der Waals surface area contributed by atoms with Crippen molar-refractivity contribution in [1.82, 2.24) is 9.80 Å². The van der Waals surface area contributed by atoms with Crippen LogP contribution in [0.15, 0.2) is 0 Å². The molecule has 0 radical (unpaired) electrons. The first-order valence-electron chi connectivity index (χ1n) is 6.66. The highest BCUT2D eigenvalue weighted by atomic mass is 16.5. The first-order valence-corrected chi connectivity index (χ1v) is 6.66. The molecule has 1 heterocycles. The van der Waals surface area contributed by atoms with E-state index in [1.165, 1.54) is 4.90 Å². The number of rotatable bonds is 7. The highest BCUT2D eigenvalue weighted by molar-refractivity contribution is 5.78. The standard InChI is InChI=1S/C13H21N3O4/c1-3-16(7-12(17)15(2)6-4-5-14)11-9-20-8-10(11)13(18)19/h10-11H,3-4,6-9H2,1-2H3,(H,18,19). The summed E-state index contributed by atoms with van der Waals surface area (Å²) >= 11 is 0. The van der Waals surface area contributed by atoms with Crippen LogP contribution < -0.4 is 0 Å². The molecular formula is C13H21N3O4. The summed E-state index contributed by atoms with van der Waals surface area (Å²) in [5.74, 6) is -1.60. The lowest BCUT2D eigenvalue weighted by molar-refractivity contribution is -0.144. The number of carboxylic acids is 1. The molecule has 1 rings (SSSR count). The van der Waals surface area contributed by atoms with E-state index in [1.54, 1.807) is 7.05 Å². The van der Waals surface area contributed by atoms with Crippen molar-refractivity contribution in [2.45, 2.75) is 19.4 Å². The highest BCUT2D eigenvalue weighted by Crippen LogP contribution is 2.20. The van der Waals surface area contributed by atoms with Gasteiger partial charge in [-0.25, -0.2) is 0 Å². The molecule has 0 spiro atoms. The fraction of sp³-hybridized carbons (Fsp3) is 0.769. The van der Waals surface area contributed by atoms with Crippen LogP contribution in [0.5, 0.6) is 0 Å². The van der Waals surface area contributed by atoms with Crippen LogP contribution >= 0.6 is 0 Å². The molecule has 0 aliphatic carbocycles. The van der Waals surface area contributed by atoms with Gasteiger partial charge in [0.25, 0.3) is 0 Å². The Kier molecular flexibility index (Phi) is 6.42. The summed E-state index contributed by atoms with van der Waals surface area (Å²) in [5, 5.41) is 17.7. The summed E-state index contributed by atoms with van der Waals surface area (Å²) in [7, 11) is 1.65. The number of ether oxygens (including phenoxy) is 1. The van der Waals surface area contributed by atoms with Gasteiger partial charge in [-0.05, 0) is 6.54 Å². The minimum atomic E-state index is -0.892. The Bertz CT molecular complexity index is 394. The molecule has 1 fully saturated rings. The van der Waals surface area contributed by atoms with E-state index in [0.717, 1.165) is 0 Å². The van der Waals surface area contributed by atoms with Crippen LogP contribution in [-0.4, -0.2) is 72.7 Å². The Labute approximate surface area is 118 Å². The molecule has 0 saturated carbocycles. The van der Waals surface area contributed by atoms with Crippen LogP contribution in [0.4, 0.5) is 0 Å². The second-order valence-electron chi connectivity index (χ2n) is 4.84. The van der Waals surface area contributed by atoms with Gasteiger partial charge in [0.05, 0.1) is 38.2 Å². The number of carboxylic acid groups (broad SMARTS) is 1. The molecule has 1 aliphatic heterocycles. The van der Waals surface area contributed by atoms with Crippen molar-refractivity contribution in [3.05, 3.63) is 0 Å². The zero-order valence-electron chi connectivity index (χ0n) is 11.9. The molecule has 0 aromatic heterocycles. The number of amides is 1. The van der Waals surface area contributed by atoms with E-state index in [4.69, 9.17) is 15.1 Å². The molecule has 7 nitrogen and oxygen atoms in total. The topological polar surface area (TPSA) is 93.9 Å². The van der Waals surface area contributed by atoms with E-state index in [1.807, 2.05) is 17.9 Å². The van der Waals surface area contributed by atoms with Gasteiger partial charge in [0, 0.05) is 19.6 Å². The summed E-state index contributed by atoms with van der Waals surface area (Å²) in [6.45, 7) is 3.52. The lowest BCUT2D eigenvalue weighted by atomic mass is 10.0. The molecule has 1 aliphatic rings. The Morgan fingerprint density at radius 2 is 2.15 bits per heavy atom. The molecule has 112 valence electrons. The minimum Gasteiger partial charge on any atom is -0.481 e.